The number of pyridine rings is 1. The van der Waals surface area contributed by atoms with Gasteiger partial charge < -0.3 is 16.4 Å². The third-order valence-corrected chi connectivity index (χ3v) is 4.59. The number of aromatic nitrogens is 3. The molecule has 152 valence electrons. The lowest BCUT2D eigenvalue weighted by molar-refractivity contribution is -0.119. The smallest absolute Gasteiger partial charge is 0.222 e. The summed E-state index contributed by atoms with van der Waals surface area (Å²) in [5.74, 6) is 0.371. The molecule has 0 aliphatic rings. The van der Waals surface area contributed by atoms with E-state index >= 15 is 0 Å². The fourth-order valence-corrected chi connectivity index (χ4v) is 2.96. The maximum atomic E-state index is 12.3. The first kappa shape index (κ1) is 21.5. The minimum atomic E-state index is -0.427. The Hall–Kier alpha value is -2.77. The number of nitrogens with zero attached hydrogens (tertiary/aromatic N) is 3. The summed E-state index contributed by atoms with van der Waals surface area (Å²) in [7, 11) is 0. The molecule has 0 aliphatic heterocycles. The van der Waals surface area contributed by atoms with Crippen LogP contribution >= 0.6 is 0 Å². The molecule has 2 aromatic rings. The van der Waals surface area contributed by atoms with Crippen LogP contribution in [-0.2, 0) is 4.79 Å². The molecule has 1 amide bonds. The molecule has 8 nitrogen and oxygen atoms in total. The van der Waals surface area contributed by atoms with E-state index in [1.54, 1.807) is 12.3 Å². The molecule has 0 spiro atoms. The maximum Gasteiger partial charge on any atom is 0.222 e. The zero-order valence-electron chi connectivity index (χ0n) is 17.3. The number of rotatable bonds is 9. The van der Waals surface area contributed by atoms with E-state index in [0.29, 0.717) is 29.0 Å². The van der Waals surface area contributed by atoms with E-state index in [9.17, 15) is 9.59 Å². The Morgan fingerprint density at radius 2 is 2.00 bits per heavy atom. The molecule has 0 radical (unpaired) electrons. The average Bonchev–Trinajstić information content (AvgIpc) is 2.63. The predicted molar refractivity (Wildman–Crippen MR) is 111 cm³/mol. The molecule has 0 unspecified atom stereocenters. The van der Waals surface area contributed by atoms with Crippen LogP contribution in [0.15, 0.2) is 12.3 Å². The molecule has 4 N–H and O–H groups in total. The van der Waals surface area contributed by atoms with Crippen molar-refractivity contribution in [2.75, 3.05) is 17.6 Å². The van der Waals surface area contributed by atoms with Gasteiger partial charge in [-0.3, -0.25) is 9.59 Å². The van der Waals surface area contributed by atoms with Gasteiger partial charge in [-0.1, -0.05) is 33.6 Å². The molecule has 28 heavy (non-hydrogen) atoms. The van der Waals surface area contributed by atoms with Gasteiger partial charge in [0.2, 0.25) is 11.9 Å². The fraction of sp³-hybridized carbons (Fsp3) is 0.550. The first-order chi connectivity index (χ1) is 13.1. The number of unbranched alkanes of at least 4 members (excludes halogenated alkanes) is 1. The van der Waals surface area contributed by atoms with Crippen molar-refractivity contribution in [1.29, 1.82) is 0 Å². The third-order valence-electron chi connectivity index (χ3n) is 4.59. The van der Waals surface area contributed by atoms with Gasteiger partial charge >= 0.3 is 0 Å². The quantitative estimate of drug-likeness (QED) is 0.566. The zero-order valence-corrected chi connectivity index (χ0v) is 17.3. The number of hydrogen-bond donors (Lipinski definition) is 3. The molecule has 2 aromatic heterocycles. The lowest BCUT2D eigenvalue weighted by Crippen LogP contribution is -2.46. The number of nitrogen functional groups attached to an aromatic ring is 1. The molecule has 8 heteroatoms. The van der Waals surface area contributed by atoms with Gasteiger partial charge in [0.05, 0.1) is 11.1 Å². The molecule has 0 saturated carbocycles. The molecule has 0 fully saturated rings. The first-order valence-corrected chi connectivity index (χ1v) is 9.65. The zero-order chi connectivity index (χ0) is 20.9. The molecule has 2 rings (SSSR count). The van der Waals surface area contributed by atoms with Gasteiger partial charge in [-0.05, 0) is 19.4 Å². The molecule has 1 atom stereocenters. The third kappa shape index (κ3) is 5.37. The van der Waals surface area contributed by atoms with Crippen LogP contribution in [0.2, 0.25) is 0 Å². The second-order valence-electron chi connectivity index (χ2n) is 7.74. The number of anilines is 2. The monoisotopic (exact) mass is 386 g/mol. The van der Waals surface area contributed by atoms with Crippen LogP contribution in [0.4, 0.5) is 11.8 Å². The SMILES string of the molecule is CCCC[C@](C)(CNC(C)=O)Nc1nc(N)nc2cc(C(=O)C(C)C)cnc12. The van der Waals surface area contributed by atoms with Crippen LogP contribution in [0.25, 0.3) is 11.0 Å². The summed E-state index contributed by atoms with van der Waals surface area (Å²) in [6.07, 6.45) is 4.40. The van der Waals surface area contributed by atoms with Crippen LogP contribution in [-0.4, -0.2) is 38.7 Å². The van der Waals surface area contributed by atoms with Gasteiger partial charge in [0.25, 0.3) is 0 Å². The van der Waals surface area contributed by atoms with Gasteiger partial charge in [0.15, 0.2) is 11.6 Å². The molecule has 0 bridgehead atoms. The number of nitrogens with one attached hydrogen (secondary N) is 2. The predicted octanol–water partition coefficient (Wildman–Crippen LogP) is 2.94. The van der Waals surface area contributed by atoms with E-state index in [-0.39, 0.29) is 23.6 Å². The number of carbonyl (C=O) groups excluding carboxylic acids is 2. The number of amides is 1. The average molecular weight is 387 g/mol. The minimum Gasteiger partial charge on any atom is -0.368 e. The van der Waals surface area contributed by atoms with Gasteiger partial charge in [-0.15, -0.1) is 0 Å². The van der Waals surface area contributed by atoms with E-state index in [4.69, 9.17) is 5.73 Å². The van der Waals surface area contributed by atoms with Gasteiger partial charge in [-0.25, -0.2) is 9.97 Å². The molecular formula is C20H30N6O2. The first-order valence-electron chi connectivity index (χ1n) is 9.65. The number of fused-ring (bicyclic) bond motifs is 1. The highest BCUT2D eigenvalue weighted by atomic mass is 16.1. The lowest BCUT2D eigenvalue weighted by Gasteiger charge is -2.32. The second-order valence-corrected chi connectivity index (χ2v) is 7.74. The molecule has 0 saturated heterocycles. The molecule has 0 aromatic carbocycles. The molecule has 0 aliphatic carbocycles. The largest absolute Gasteiger partial charge is 0.368 e. The Morgan fingerprint density at radius 3 is 2.61 bits per heavy atom. The van der Waals surface area contributed by atoms with Crippen LogP contribution in [0.5, 0.6) is 0 Å². The maximum absolute atomic E-state index is 12.3. The number of ketones is 1. The van der Waals surface area contributed by atoms with E-state index in [1.807, 2.05) is 20.8 Å². The van der Waals surface area contributed by atoms with Crippen molar-refractivity contribution in [3.05, 3.63) is 17.8 Å². The Bertz CT molecular complexity index is 867. The van der Waals surface area contributed by atoms with Crippen LogP contribution < -0.4 is 16.4 Å². The highest BCUT2D eigenvalue weighted by Crippen LogP contribution is 2.26. The summed E-state index contributed by atoms with van der Waals surface area (Å²) in [5, 5.41) is 6.28. The molecular weight excluding hydrogens is 356 g/mol. The van der Waals surface area contributed by atoms with E-state index in [1.165, 1.54) is 6.92 Å². The van der Waals surface area contributed by atoms with Gasteiger partial charge in [0, 0.05) is 31.1 Å². The number of hydrogen-bond acceptors (Lipinski definition) is 7. The van der Waals surface area contributed by atoms with Crippen LogP contribution in [0.3, 0.4) is 0 Å². The van der Waals surface area contributed by atoms with E-state index < -0.39 is 5.54 Å². The lowest BCUT2D eigenvalue weighted by atomic mass is 9.94. The van der Waals surface area contributed by atoms with Crippen molar-refractivity contribution < 1.29 is 9.59 Å². The standard InChI is InChI=1S/C20H30N6O2/c1-6-7-8-20(5,11-23-13(4)27)26-18-16-15(24-19(21)25-18)9-14(10-22-16)17(28)12(2)3/h9-10,12H,6-8,11H2,1-5H3,(H,23,27)(H3,21,24,25,26)/t20-/m1/s1. The summed E-state index contributed by atoms with van der Waals surface area (Å²) < 4.78 is 0. The van der Waals surface area contributed by atoms with E-state index in [0.717, 1.165) is 19.3 Å². The van der Waals surface area contributed by atoms with Crippen molar-refractivity contribution in [3.8, 4) is 0 Å². The highest BCUT2D eigenvalue weighted by molar-refractivity contribution is 6.00. The Morgan fingerprint density at radius 1 is 1.29 bits per heavy atom. The highest BCUT2D eigenvalue weighted by Gasteiger charge is 2.26. The number of carbonyl (C=O) groups is 2. The van der Waals surface area contributed by atoms with Crippen molar-refractivity contribution in [2.45, 2.75) is 59.4 Å². The van der Waals surface area contributed by atoms with Crippen LogP contribution in [0, 0.1) is 5.92 Å². The normalized spacial score (nSPS) is 13.4. The summed E-state index contributed by atoms with van der Waals surface area (Å²) in [4.78, 5) is 36.7. The van der Waals surface area contributed by atoms with Crippen molar-refractivity contribution >= 4 is 34.5 Å². The summed E-state index contributed by atoms with van der Waals surface area (Å²) in [6.45, 7) is 9.76. The Labute approximate surface area is 165 Å². The van der Waals surface area contributed by atoms with Crippen molar-refractivity contribution in [2.24, 2.45) is 5.92 Å². The number of nitrogens with two attached hydrogens (primary N) is 1. The summed E-state index contributed by atoms with van der Waals surface area (Å²) in [5.41, 5.74) is 7.03. The van der Waals surface area contributed by atoms with Gasteiger partial charge in [-0.2, -0.15) is 4.98 Å². The Balaban J connectivity index is 2.43. The van der Waals surface area contributed by atoms with Gasteiger partial charge in [0.1, 0.15) is 5.52 Å². The number of Topliss-reactive ketones (excluding diaryl/α,β-unsaturated/α-hetero) is 1. The Kier molecular flexibility index (Phi) is 6.88. The van der Waals surface area contributed by atoms with Crippen LogP contribution in [0.1, 0.15) is 64.2 Å². The topological polar surface area (TPSA) is 123 Å². The van der Waals surface area contributed by atoms with Crippen molar-refractivity contribution in [1.82, 2.24) is 20.3 Å². The van der Waals surface area contributed by atoms with Crippen molar-refractivity contribution in [3.63, 3.8) is 0 Å². The summed E-state index contributed by atoms with van der Waals surface area (Å²) in [6, 6.07) is 1.70. The fourth-order valence-electron chi connectivity index (χ4n) is 2.96. The minimum absolute atomic E-state index is 0.000430. The van der Waals surface area contributed by atoms with E-state index in [2.05, 4.69) is 32.5 Å². The molecule has 2 heterocycles. The summed E-state index contributed by atoms with van der Waals surface area (Å²) >= 11 is 0. The second kappa shape index (κ2) is 8.95.